The molecule has 0 unspecified atom stereocenters. The number of benzene rings is 2. The number of hydrogen-bond acceptors (Lipinski definition) is 5. The summed E-state index contributed by atoms with van der Waals surface area (Å²) in [5.41, 5.74) is 1.48. The lowest BCUT2D eigenvalue weighted by Gasteiger charge is -2.05. The molecule has 6 nitrogen and oxygen atoms in total. The summed E-state index contributed by atoms with van der Waals surface area (Å²) < 4.78 is 0. The second kappa shape index (κ2) is 13.5. The minimum absolute atomic E-state index is 0.0177. The molecule has 0 amide bonds. The lowest BCUT2D eigenvalue weighted by molar-refractivity contribution is -0.384. The van der Waals surface area contributed by atoms with E-state index in [0.717, 1.165) is 18.4 Å². The summed E-state index contributed by atoms with van der Waals surface area (Å²) in [5, 5.41) is 29.2. The van der Waals surface area contributed by atoms with Crippen molar-refractivity contribution in [1.82, 2.24) is 0 Å². The molecule has 0 aliphatic rings. The molecular formula is C24H33N3O3. The molecule has 0 saturated carbocycles. The van der Waals surface area contributed by atoms with Crippen molar-refractivity contribution in [2.24, 2.45) is 10.2 Å². The number of rotatable bonds is 14. The molecule has 0 heterocycles. The van der Waals surface area contributed by atoms with Gasteiger partial charge in [-0.05, 0) is 36.6 Å². The molecule has 6 heteroatoms. The van der Waals surface area contributed by atoms with Gasteiger partial charge >= 0.3 is 0 Å². The van der Waals surface area contributed by atoms with Gasteiger partial charge in [-0.15, -0.1) is 10.2 Å². The zero-order valence-electron chi connectivity index (χ0n) is 17.9. The summed E-state index contributed by atoms with van der Waals surface area (Å²) in [6.45, 7) is 2.25. The van der Waals surface area contributed by atoms with Gasteiger partial charge < -0.3 is 5.11 Å². The highest BCUT2D eigenvalue weighted by Crippen LogP contribution is 2.32. The normalized spacial score (nSPS) is 11.2. The van der Waals surface area contributed by atoms with E-state index in [2.05, 4.69) is 17.2 Å². The minimum Gasteiger partial charge on any atom is -0.506 e. The highest BCUT2D eigenvalue weighted by atomic mass is 16.6. The van der Waals surface area contributed by atoms with E-state index in [0.29, 0.717) is 5.69 Å². The molecule has 0 aromatic heterocycles. The quantitative estimate of drug-likeness (QED) is 0.147. The van der Waals surface area contributed by atoms with E-state index in [1.54, 1.807) is 24.3 Å². The number of aryl methyl sites for hydroxylation is 1. The first-order valence-electron chi connectivity index (χ1n) is 11.1. The number of nitro groups is 1. The molecule has 0 radical (unpaired) electrons. The molecule has 1 N–H and O–H groups in total. The van der Waals surface area contributed by atoms with Gasteiger partial charge in [-0.3, -0.25) is 10.1 Å². The van der Waals surface area contributed by atoms with Crippen molar-refractivity contribution in [1.29, 1.82) is 0 Å². The van der Waals surface area contributed by atoms with Crippen molar-refractivity contribution >= 4 is 17.1 Å². The van der Waals surface area contributed by atoms with Crippen molar-refractivity contribution in [2.45, 2.75) is 77.6 Å². The highest BCUT2D eigenvalue weighted by molar-refractivity contribution is 5.58. The number of phenolic OH excluding ortho intramolecular Hbond substituents is 1. The van der Waals surface area contributed by atoms with Crippen LogP contribution in [0.1, 0.15) is 76.7 Å². The van der Waals surface area contributed by atoms with E-state index in [-0.39, 0.29) is 17.1 Å². The number of hydrogen-bond donors (Lipinski definition) is 1. The van der Waals surface area contributed by atoms with Crippen LogP contribution >= 0.6 is 0 Å². The molecule has 0 atom stereocenters. The molecule has 0 saturated heterocycles. The molecule has 0 spiro atoms. The summed E-state index contributed by atoms with van der Waals surface area (Å²) in [4.78, 5) is 10.6. The zero-order valence-corrected chi connectivity index (χ0v) is 17.9. The fraction of sp³-hybridized carbons (Fsp3) is 0.500. The van der Waals surface area contributed by atoms with E-state index in [4.69, 9.17) is 0 Å². The number of para-hydroxylation sites is 1. The smallest absolute Gasteiger partial charge is 0.296 e. The Kier molecular flexibility index (Phi) is 10.6. The summed E-state index contributed by atoms with van der Waals surface area (Å²) in [6.07, 6.45) is 13.9. The topological polar surface area (TPSA) is 88.1 Å². The van der Waals surface area contributed by atoms with Crippen LogP contribution in [-0.4, -0.2) is 10.0 Å². The van der Waals surface area contributed by atoms with Crippen LogP contribution in [0.4, 0.5) is 17.1 Å². The Balaban J connectivity index is 1.79. The van der Waals surface area contributed by atoms with Crippen LogP contribution < -0.4 is 0 Å². The fourth-order valence-corrected chi connectivity index (χ4v) is 3.43. The van der Waals surface area contributed by atoms with E-state index in [1.165, 1.54) is 69.9 Å². The molecular weight excluding hydrogens is 378 g/mol. The van der Waals surface area contributed by atoms with Gasteiger partial charge in [0.15, 0.2) is 5.69 Å². The average molecular weight is 412 g/mol. The summed E-state index contributed by atoms with van der Waals surface area (Å²) >= 11 is 0. The van der Waals surface area contributed by atoms with Crippen LogP contribution in [0.5, 0.6) is 5.75 Å². The van der Waals surface area contributed by atoms with Crippen LogP contribution in [0.3, 0.4) is 0 Å². The molecule has 30 heavy (non-hydrogen) atoms. The van der Waals surface area contributed by atoms with Crippen LogP contribution in [0.25, 0.3) is 0 Å². The summed E-state index contributed by atoms with van der Waals surface area (Å²) in [7, 11) is 0. The first-order valence-corrected chi connectivity index (χ1v) is 11.1. The molecule has 0 aliphatic carbocycles. The molecule has 162 valence electrons. The standard InChI is InChI=1S/C24H33N3O3/c1-2-3-4-5-6-7-8-9-10-11-14-20-17-18-24(28)22(19-20)26-25-21-15-12-13-16-23(21)27(29)30/h12-13,15-19,28H,2-11,14H2,1H3. The van der Waals surface area contributed by atoms with Crippen molar-refractivity contribution in [3.05, 3.63) is 58.1 Å². The summed E-state index contributed by atoms with van der Waals surface area (Å²) in [5.74, 6) is 0.0177. The number of nitrogens with zero attached hydrogens (tertiary/aromatic N) is 3. The Hall–Kier alpha value is -2.76. The van der Waals surface area contributed by atoms with Gasteiger partial charge in [0.1, 0.15) is 11.4 Å². The van der Waals surface area contributed by atoms with Crippen LogP contribution in [0.2, 0.25) is 0 Å². The third-order valence-corrected chi connectivity index (χ3v) is 5.20. The van der Waals surface area contributed by atoms with Crippen LogP contribution in [0, 0.1) is 10.1 Å². The van der Waals surface area contributed by atoms with E-state index in [9.17, 15) is 15.2 Å². The Morgan fingerprint density at radius 1 is 0.833 bits per heavy atom. The Morgan fingerprint density at radius 2 is 1.43 bits per heavy atom. The number of aromatic hydroxyl groups is 1. The second-order valence-electron chi connectivity index (χ2n) is 7.70. The van der Waals surface area contributed by atoms with Gasteiger partial charge in [0.05, 0.1) is 4.92 Å². The Morgan fingerprint density at radius 3 is 2.10 bits per heavy atom. The van der Waals surface area contributed by atoms with Crippen LogP contribution in [-0.2, 0) is 6.42 Å². The maximum absolute atomic E-state index is 11.1. The average Bonchev–Trinajstić information content (AvgIpc) is 2.75. The fourth-order valence-electron chi connectivity index (χ4n) is 3.43. The first-order chi connectivity index (χ1) is 14.6. The molecule has 0 bridgehead atoms. The second-order valence-corrected chi connectivity index (χ2v) is 7.70. The van der Waals surface area contributed by atoms with Crippen molar-refractivity contribution < 1.29 is 10.0 Å². The third kappa shape index (κ3) is 8.31. The predicted molar refractivity (Wildman–Crippen MR) is 121 cm³/mol. The Labute approximate surface area is 179 Å². The molecule has 2 rings (SSSR count). The lowest BCUT2D eigenvalue weighted by atomic mass is 10.0. The van der Waals surface area contributed by atoms with Gasteiger partial charge in [0.25, 0.3) is 5.69 Å². The molecule has 0 aliphatic heterocycles. The van der Waals surface area contributed by atoms with Gasteiger partial charge in [0, 0.05) is 6.07 Å². The van der Waals surface area contributed by atoms with Gasteiger partial charge in [0.2, 0.25) is 0 Å². The van der Waals surface area contributed by atoms with Gasteiger partial charge in [-0.1, -0.05) is 82.9 Å². The predicted octanol–water partition coefficient (Wildman–Crippen LogP) is 8.18. The maximum Gasteiger partial charge on any atom is 0.296 e. The van der Waals surface area contributed by atoms with Crippen molar-refractivity contribution in [2.75, 3.05) is 0 Å². The number of unbranched alkanes of at least 4 members (excludes halogenated alkanes) is 9. The maximum atomic E-state index is 11.1. The molecule has 2 aromatic rings. The van der Waals surface area contributed by atoms with Crippen LogP contribution in [0.15, 0.2) is 52.7 Å². The van der Waals surface area contributed by atoms with Crippen molar-refractivity contribution in [3.63, 3.8) is 0 Å². The van der Waals surface area contributed by atoms with E-state index >= 15 is 0 Å². The molecule has 0 fully saturated rings. The highest BCUT2D eigenvalue weighted by Gasteiger charge is 2.12. The summed E-state index contributed by atoms with van der Waals surface area (Å²) in [6, 6.07) is 11.5. The Bertz CT molecular complexity index is 821. The van der Waals surface area contributed by atoms with Crippen molar-refractivity contribution in [3.8, 4) is 5.75 Å². The SMILES string of the molecule is CCCCCCCCCCCCc1ccc(O)c(N=Nc2ccccc2[N+](=O)[O-])c1. The lowest BCUT2D eigenvalue weighted by Crippen LogP contribution is -1.87. The van der Waals surface area contributed by atoms with Gasteiger partial charge in [-0.2, -0.15) is 0 Å². The largest absolute Gasteiger partial charge is 0.506 e. The van der Waals surface area contributed by atoms with Gasteiger partial charge in [-0.25, -0.2) is 0 Å². The number of azo groups is 1. The zero-order chi connectivity index (χ0) is 21.6. The third-order valence-electron chi connectivity index (χ3n) is 5.20. The minimum atomic E-state index is -0.490. The number of phenols is 1. The first kappa shape index (κ1) is 23.5. The monoisotopic (exact) mass is 411 g/mol. The van der Waals surface area contributed by atoms with E-state index in [1.807, 2.05) is 6.07 Å². The van der Waals surface area contributed by atoms with E-state index < -0.39 is 4.92 Å². The molecule has 2 aromatic carbocycles. The number of nitro benzene ring substituents is 1.